The fourth-order valence-corrected chi connectivity index (χ4v) is 2.44. The van der Waals surface area contributed by atoms with Gasteiger partial charge in [-0.25, -0.2) is 4.39 Å². The largest absolute Gasteiger partial charge is 0.344 e. The highest BCUT2D eigenvalue weighted by Crippen LogP contribution is 2.33. The van der Waals surface area contributed by atoms with Crippen LogP contribution in [-0.2, 0) is 6.42 Å². The molecule has 1 aromatic carbocycles. The number of allylic oxidation sites excluding steroid dienone is 3. The summed E-state index contributed by atoms with van der Waals surface area (Å²) in [7, 11) is 1.96. The highest BCUT2D eigenvalue weighted by atomic mass is 79.9. The summed E-state index contributed by atoms with van der Waals surface area (Å²) in [6.07, 6.45) is 4.79. The van der Waals surface area contributed by atoms with E-state index in [1.165, 1.54) is 6.07 Å². The van der Waals surface area contributed by atoms with Crippen molar-refractivity contribution in [1.82, 2.24) is 4.90 Å². The van der Waals surface area contributed by atoms with Crippen molar-refractivity contribution in [2.45, 2.75) is 13.3 Å². The fraction of sp³-hybridized carbons (Fsp3) is 0.200. The Bertz CT molecular complexity index is 558. The number of rotatable bonds is 2. The molecule has 0 aromatic heterocycles. The topological polar surface area (TPSA) is 3.24 Å². The molecule has 1 heterocycles. The summed E-state index contributed by atoms with van der Waals surface area (Å²) in [5.74, 6) is -0.190. The molecule has 0 saturated carbocycles. The molecule has 0 unspecified atom stereocenters. The Balaban J connectivity index is 2.52. The lowest BCUT2D eigenvalue weighted by molar-refractivity contribution is 0.608. The van der Waals surface area contributed by atoms with Crippen LogP contribution in [0, 0.1) is 5.82 Å². The van der Waals surface area contributed by atoms with Crippen molar-refractivity contribution in [2.24, 2.45) is 0 Å². The van der Waals surface area contributed by atoms with Gasteiger partial charge in [0.25, 0.3) is 0 Å². The van der Waals surface area contributed by atoms with E-state index in [1.807, 2.05) is 37.1 Å². The molecular formula is C15H15BrFN. The first kappa shape index (κ1) is 13.1. The van der Waals surface area contributed by atoms with Crippen LogP contribution in [0.3, 0.4) is 0 Å². The van der Waals surface area contributed by atoms with E-state index in [9.17, 15) is 4.39 Å². The third-order valence-electron chi connectivity index (χ3n) is 3.15. The van der Waals surface area contributed by atoms with Crippen molar-refractivity contribution in [1.29, 1.82) is 0 Å². The van der Waals surface area contributed by atoms with Crippen LogP contribution < -0.4 is 0 Å². The minimum absolute atomic E-state index is 0.190. The van der Waals surface area contributed by atoms with Crippen LogP contribution in [0.2, 0.25) is 0 Å². The van der Waals surface area contributed by atoms with Gasteiger partial charge in [0.15, 0.2) is 0 Å². The number of aryl methyl sites for hydroxylation is 1. The molecular weight excluding hydrogens is 293 g/mol. The molecule has 0 amide bonds. The highest BCUT2D eigenvalue weighted by Gasteiger charge is 2.18. The summed E-state index contributed by atoms with van der Waals surface area (Å²) in [5.41, 5.74) is 4.00. The molecule has 0 atom stereocenters. The second-order valence-electron chi connectivity index (χ2n) is 4.23. The summed E-state index contributed by atoms with van der Waals surface area (Å²) in [5, 5.41) is 0. The van der Waals surface area contributed by atoms with E-state index in [2.05, 4.69) is 22.5 Å². The zero-order valence-electron chi connectivity index (χ0n) is 10.5. The third kappa shape index (κ3) is 2.27. The van der Waals surface area contributed by atoms with E-state index in [0.717, 1.165) is 33.4 Å². The number of benzene rings is 1. The predicted molar refractivity (Wildman–Crippen MR) is 77.7 cm³/mol. The first-order valence-corrected chi connectivity index (χ1v) is 6.63. The van der Waals surface area contributed by atoms with Crippen molar-refractivity contribution >= 4 is 21.6 Å². The number of hydrogen-bond acceptors (Lipinski definition) is 1. The van der Waals surface area contributed by atoms with E-state index in [0.29, 0.717) is 0 Å². The normalized spacial score (nSPS) is 15.6. The van der Waals surface area contributed by atoms with Gasteiger partial charge < -0.3 is 4.90 Å². The van der Waals surface area contributed by atoms with E-state index in [4.69, 9.17) is 0 Å². The number of nitrogens with zero attached hydrogens (tertiary/aromatic N) is 1. The summed E-state index contributed by atoms with van der Waals surface area (Å²) in [6.45, 7) is 6.05. The van der Waals surface area contributed by atoms with Crippen molar-refractivity contribution in [3.63, 3.8) is 0 Å². The Morgan fingerprint density at radius 1 is 1.33 bits per heavy atom. The molecule has 0 N–H and O–H groups in total. The van der Waals surface area contributed by atoms with E-state index >= 15 is 0 Å². The van der Waals surface area contributed by atoms with Gasteiger partial charge in [0.1, 0.15) is 5.82 Å². The molecule has 0 radical (unpaired) electrons. The first-order valence-electron chi connectivity index (χ1n) is 5.84. The Morgan fingerprint density at radius 2 is 2.06 bits per heavy atom. The molecule has 1 aliphatic rings. The molecule has 18 heavy (non-hydrogen) atoms. The van der Waals surface area contributed by atoms with Gasteiger partial charge in [-0.05, 0) is 58.3 Å². The zero-order valence-corrected chi connectivity index (χ0v) is 12.1. The minimum Gasteiger partial charge on any atom is -0.344 e. The molecule has 0 bridgehead atoms. The van der Waals surface area contributed by atoms with Gasteiger partial charge in [-0.2, -0.15) is 0 Å². The molecule has 1 aromatic rings. The van der Waals surface area contributed by atoms with Crippen molar-refractivity contribution in [2.75, 3.05) is 7.05 Å². The summed E-state index contributed by atoms with van der Waals surface area (Å²) in [4.78, 5) is 2.01. The van der Waals surface area contributed by atoms with Gasteiger partial charge >= 0.3 is 0 Å². The monoisotopic (exact) mass is 307 g/mol. The molecule has 0 saturated heterocycles. The lowest BCUT2D eigenvalue weighted by atomic mass is 9.99. The Hall–Kier alpha value is -1.35. The molecule has 0 spiro atoms. The maximum Gasteiger partial charge on any atom is 0.123 e. The average Bonchev–Trinajstić information content (AvgIpc) is 2.37. The van der Waals surface area contributed by atoms with Gasteiger partial charge in [-0.3, -0.25) is 0 Å². The number of halogens is 2. The summed E-state index contributed by atoms with van der Waals surface area (Å²) in [6, 6.07) is 4.93. The van der Waals surface area contributed by atoms with Crippen LogP contribution >= 0.6 is 15.9 Å². The van der Waals surface area contributed by atoms with E-state index in [1.54, 1.807) is 6.07 Å². The number of hydrogen-bond donors (Lipinski definition) is 0. The molecule has 0 fully saturated rings. The van der Waals surface area contributed by atoms with Crippen LogP contribution in [0.4, 0.5) is 4.39 Å². The highest BCUT2D eigenvalue weighted by molar-refractivity contribution is 9.12. The minimum atomic E-state index is -0.190. The Morgan fingerprint density at radius 3 is 2.72 bits per heavy atom. The maximum atomic E-state index is 13.3. The Labute approximate surface area is 115 Å². The van der Waals surface area contributed by atoms with E-state index < -0.39 is 0 Å². The van der Waals surface area contributed by atoms with Crippen LogP contribution in [0.15, 0.2) is 47.1 Å². The molecule has 2 rings (SSSR count). The van der Waals surface area contributed by atoms with Gasteiger partial charge in [0, 0.05) is 28.5 Å². The average molecular weight is 308 g/mol. The van der Waals surface area contributed by atoms with Gasteiger partial charge in [0.05, 0.1) is 0 Å². The molecule has 1 aliphatic heterocycles. The molecule has 0 aliphatic carbocycles. The van der Waals surface area contributed by atoms with E-state index in [-0.39, 0.29) is 5.82 Å². The maximum absolute atomic E-state index is 13.3. The van der Waals surface area contributed by atoms with Crippen LogP contribution in [0.25, 0.3) is 5.70 Å². The second kappa shape index (κ2) is 5.11. The molecule has 3 heteroatoms. The van der Waals surface area contributed by atoms with Crippen molar-refractivity contribution in [3.8, 4) is 0 Å². The first-order chi connectivity index (χ1) is 8.54. The SMILES string of the molecule is C=C1C(Br)=CC=C(c2ccc(F)cc2CC)N1C. The molecule has 1 nitrogen and oxygen atoms in total. The number of likely N-dealkylation sites (N-methyl/N-ethyl adjacent to an activating group) is 1. The zero-order chi connectivity index (χ0) is 13.3. The third-order valence-corrected chi connectivity index (χ3v) is 3.88. The lowest BCUT2D eigenvalue weighted by Crippen LogP contribution is -2.19. The quantitative estimate of drug-likeness (QED) is 0.779. The lowest BCUT2D eigenvalue weighted by Gasteiger charge is -2.28. The van der Waals surface area contributed by atoms with Crippen LogP contribution in [-0.4, -0.2) is 11.9 Å². The second-order valence-corrected chi connectivity index (χ2v) is 5.08. The molecule has 94 valence electrons. The van der Waals surface area contributed by atoms with Crippen molar-refractivity contribution < 1.29 is 4.39 Å². The standard InChI is InChI=1S/C15H15BrFN/c1-4-11-9-12(17)5-6-13(11)15-8-7-14(16)10(2)18(15)3/h5-9H,2,4H2,1,3H3. The fourth-order valence-electron chi connectivity index (χ4n) is 2.04. The van der Waals surface area contributed by atoms with Gasteiger partial charge in [0.2, 0.25) is 0 Å². The summed E-state index contributed by atoms with van der Waals surface area (Å²) >= 11 is 3.46. The predicted octanol–water partition coefficient (Wildman–Crippen LogP) is 4.47. The smallest absolute Gasteiger partial charge is 0.123 e. The van der Waals surface area contributed by atoms with Crippen molar-refractivity contribution in [3.05, 3.63) is 64.1 Å². The Kier molecular flexibility index (Phi) is 3.71. The van der Waals surface area contributed by atoms with Gasteiger partial charge in [-0.15, -0.1) is 0 Å². The van der Waals surface area contributed by atoms with Crippen LogP contribution in [0.1, 0.15) is 18.1 Å². The summed E-state index contributed by atoms with van der Waals surface area (Å²) < 4.78 is 14.2. The van der Waals surface area contributed by atoms with Gasteiger partial charge in [-0.1, -0.05) is 13.5 Å². The van der Waals surface area contributed by atoms with Crippen LogP contribution in [0.5, 0.6) is 0 Å².